The third-order valence-electron chi connectivity index (χ3n) is 3.60. The predicted octanol–water partition coefficient (Wildman–Crippen LogP) is 3.17. The van der Waals surface area contributed by atoms with E-state index >= 15 is 0 Å². The maximum atomic E-state index is 13.4. The van der Waals surface area contributed by atoms with E-state index < -0.39 is 41.6 Å². The van der Waals surface area contributed by atoms with Crippen LogP contribution >= 0.6 is 0 Å². The summed E-state index contributed by atoms with van der Waals surface area (Å²) in [4.78, 5) is 23.1. The Bertz CT molecular complexity index is 571. The molecule has 0 heterocycles. The van der Waals surface area contributed by atoms with Gasteiger partial charge in [0.2, 0.25) is 0 Å². The Labute approximate surface area is 125 Å². The molecule has 1 aromatic carbocycles. The normalized spacial score (nSPS) is 14.9. The van der Waals surface area contributed by atoms with Crippen LogP contribution in [0.2, 0.25) is 0 Å². The second-order valence-electron chi connectivity index (χ2n) is 5.29. The third-order valence-corrected chi connectivity index (χ3v) is 3.60. The van der Waals surface area contributed by atoms with E-state index in [1.165, 1.54) is 0 Å². The first-order chi connectivity index (χ1) is 10.5. The molecule has 1 saturated carbocycles. The number of amides is 1. The van der Waals surface area contributed by atoms with Gasteiger partial charge in [0.15, 0.2) is 24.1 Å². The second-order valence-corrected chi connectivity index (χ2v) is 5.29. The molecular formula is C15H16F3NO3. The van der Waals surface area contributed by atoms with Crippen molar-refractivity contribution in [1.82, 2.24) is 0 Å². The number of esters is 1. The SMILES string of the molecule is O=C(COC(=O)CC1CCCC1)Nc1ccc(F)c(F)c1F. The van der Waals surface area contributed by atoms with Gasteiger partial charge in [0.25, 0.3) is 5.91 Å². The topological polar surface area (TPSA) is 55.4 Å². The van der Waals surface area contributed by atoms with E-state index in [0.29, 0.717) is 12.0 Å². The molecule has 4 nitrogen and oxygen atoms in total. The molecule has 0 aliphatic heterocycles. The minimum Gasteiger partial charge on any atom is -0.456 e. The van der Waals surface area contributed by atoms with E-state index in [1.807, 2.05) is 5.32 Å². The first-order valence-electron chi connectivity index (χ1n) is 7.06. The summed E-state index contributed by atoms with van der Waals surface area (Å²) < 4.78 is 43.9. The van der Waals surface area contributed by atoms with Crippen LogP contribution in [0.15, 0.2) is 12.1 Å². The molecule has 0 saturated heterocycles. The molecule has 1 fully saturated rings. The van der Waals surface area contributed by atoms with Crippen molar-refractivity contribution in [1.29, 1.82) is 0 Å². The summed E-state index contributed by atoms with van der Waals surface area (Å²) in [6.45, 7) is -0.593. The Kier molecular flexibility index (Phi) is 5.41. The molecule has 1 aromatic rings. The Morgan fingerprint density at radius 1 is 1.14 bits per heavy atom. The molecule has 1 N–H and O–H groups in total. The molecule has 0 unspecified atom stereocenters. The van der Waals surface area contributed by atoms with E-state index in [1.54, 1.807) is 0 Å². The number of hydrogen-bond acceptors (Lipinski definition) is 3. The van der Waals surface area contributed by atoms with Crippen LogP contribution in [0.25, 0.3) is 0 Å². The molecular weight excluding hydrogens is 299 g/mol. The number of rotatable bonds is 5. The molecule has 1 amide bonds. The fourth-order valence-corrected chi connectivity index (χ4v) is 2.46. The number of anilines is 1. The van der Waals surface area contributed by atoms with Gasteiger partial charge in [-0.15, -0.1) is 0 Å². The van der Waals surface area contributed by atoms with Crippen molar-refractivity contribution in [3.63, 3.8) is 0 Å². The molecule has 1 aliphatic carbocycles. The molecule has 7 heteroatoms. The molecule has 0 aromatic heterocycles. The Morgan fingerprint density at radius 3 is 2.50 bits per heavy atom. The van der Waals surface area contributed by atoms with Crippen molar-refractivity contribution in [2.45, 2.75) is 32.1 Å². The Balaban J connectivity index is 1.80. The fourth-order valence-electron chi connectivity index (χ4n) is 2.46. The number of nitrogens with one attached hydrogen (secondary N) is 1. The lowest BCUT2D eigenvalue weighted by Crippen LogP contribution is -2.22. The third kappa shape index (κ3) is 4.22. The monoisotopic (exact) mass is 315 g/mol. The first kappa shape index (κ1) is 16.3. The van der Waals surface area contributed by atoms with Crippen LogP contribution in [0.5, 0.6) is 0 Å². The molecule has 1 aliphatic rings. The van der Waals surface area contributed by atoms with E-state index in [9.17, 15) is 22.8 Å². The van der Waals surface area contributed by atoms with Gasteiger partial charge < -0.3 is 10.1 Å². The summed E-state index contributed by atoms with van der Waals surface area (Å²) in [5.41, 5.74) is -0.504. The zero-order valence-electron chi connectivity index (χ0n) is 11.8. The molecule has 0 bridgehead atoms. The minimum absolute atomic E-state index is 0.257. The van der Waals surface area contributed by atoms with Crippen molar-refractivity contribution in [3.8, 4) is 0 Å². The number of halogens is 3. The van der Waals surface area contributed by atoms with Gasteiger partial charge >= 0.3 is 5.97 Å². The van der Waals surface area contributed by atoms with Crippen molar-refractivity contribution in [2.75, 3.05) is 11.9 Å². The Hall–Kier alpha value is -2.05. The number of ether oxygens (including phenoxy) is 1. The van der Waals surface area contributed by atoms with Crippen molar-refractivity contribution < 1.29 is 27.5 Å². The lowest BCUT2D eigenvalue weighted by Gasteiger charge is -2.10. The number of hydrogen-bond donors (Lipinski definition) is 1. The molecule has 22 heavy (non-hydrogen) atoms. The van der Waals surface area contributed by atoms with Crippen LogP contribution in [-0.2, 0) is 14.3 Å². The van der Waals surface area contributed by atoms with Crippen molar-refractivity contribution in [3.05, 3.63) is 29.6 Å². The quantitative estimate of drug-likeness (QED) is 0.671. The summed E-state index contributed by atoms with van der Waals surface area (Å²) in [6.07, 6.45) is 4.39. The minimum atomic E-state index is -1.67. The highest BCUT2D eigenvalue weighted by Gasteiger charge is 2.20. The summed E-state index contributed by atoms with van der Waals surface area (Å²) in [5, 5.41) is 2.03. The predicted molar refractivity (Wildman–Crippen MR) is 72.5 cm³/mol. The van der Waals surface area contributed by atoms with Crippen molar-refractivity contribution >= 4 is 17.6 Å². The maximum absolute atomic E-state index is 13.4. The zero-order valence-corrected chi connectivity index (χ0v) is 11.8. The van der Waals surface area contributed by atoms with Gasteiger partial charge in [0.1, 0.15) is 0 Å². The summed E-state index contributed by atoms with van der Waals surface area (Å²) >= 11 is 0. The molecule has 2 rings (SSSR count). The van der Waals surface area contributed by atoms with Gasteiger partial charge in [-0.3, -0.25) is 9.59 Å². The average Bonchev–Trinajstić information content (AvgIpc) is 2.99. The number of carbonyl (C=O) groups excluding carboxylic acids is 2. The fraction of sp³-hybridized carbons (Fsp3) is 0.467. The van der Waals surface area contributed by atoms with E-state index in [-0.39, 0.29) is 6.42 Å². The van der Waals surface area contributed by atoms with Crippen LogP contribution in [0, 0.1) is 23.4 Å². The van der Waals surface area contributed by atoms with Crippen LogP contribution in [-0.4, -0.2) is 18.5 Å². The highest BCUT2D eigenvalue weighted by atomic mass is 19.2. The number of benzene rings is 1. The molecule has 120 valence electrons. The van der Waals surface area contributed by atoms with Gasteiger partial charge in [-0.05, 0) is 30.9 Å². The Morgan fingerprint density at radius 2 is 1.82 bits per heavy atom. The van der Waals surface area contributed by atoms with Crippen LogP contribution in [0.4, 0.5) is 18.9 Å². The average molecular weight is 315 g/mol. The lowest BCUT2D eigenvalue weighted by atomic mass is 10.1. The van der Waals surface area contributed by atoms with Crippen LogP contribution in [0.1, 0.15) is 32.1 Å². The van der Waals surface area contributed by atoms with Crippen LogP contribution in [0.3, 0.4) is 0 Å². The van der Waals surface area contributed by atoms with Gasteiger partial charge in [0.05, 0.1) is 5.69 Å². The summed E-state index contributed by atoms with van der Waals surface area (Å²) in [7, 11) is 0. The summed E-state index contributed by atoms with van der Waals surface area (Å²) in [6, 6.07) is 1.59. The maximum Gasteiger partial charge on any atom is 0.306 e. The van der Waals surface area contributed by atoms with Gasteiger partial charge in [-0.2, -0.15) is 0 Å². The smallest absolute Gasteiger partial charge is 0.306 e. The van der Waals surface area contributed by atoms with Crippen molar-refractivity contribution in [2.24, 2.45) is 5.92 Å². The lowest BCUT2D eigenvalue weighted by molar-refractivity contribution is -0.148. The van der Waals surface area contributed by atoms with E-state index in [2.05, 4.69) is 0 Å². The highest BCUT2D eigenvalue weighted by molar-refractivity contribution is 5.92. The largest absolute Gasteiger partial charge is 0.456 e. The summed E-state index contributed by atoms with van der Waals surface area (Å²) in [5.74, 6) is -5.53. The van der Waals surface area contributed by atoms with Gasteiger partial charge in [0, 0.05) is 6.42 Å². The molecule has 0 atom stereocenters. The number of carbonyl (C=O) groups is 2. The van der Waals surface area contributed by atoms with Crippen LogP contribution < -0.4 is 5.32 Å². The second kappa shape index (κ2) is 7.29. The molecule has 0 spiro atoms. The van der Waals surface area contributed by atoms with Gasteiger partial charge in [-0.1, -0.05) is 12.8 Å². The van der Waals surface area contributed by atoms with E-state index in [0.717, 1.165) is 31.7 Å². The first-order valence-corrected chi connectivity index (χ1v) is 7.06. The zero-order chi connectivity index (χ0) is 16.1. The molecule has 0 radical (unpaired) electrons. The highest BCUT2D eigenvalue weighted by Crippen LogP contribution is 2.27. The van der Waals surface area contributed by atoms with Gasteiger partial charge in [-0.25, -0.2) is 13.2 Å². The van der Waals surface area contributed by atoms with E-state index in [4.69, 9.17) is 4.74 Å². The standard InChI is InChI=1S/C15H16F3NO3/c16-10-5-6-11(15(18)14(10)17)19-12(20)8-22-13(21)7-9-3-1-2-4-9/h5-6,9H,1-4,7-8H2,(H,19,20).